The van der Waals surface area contributed by atoms with Crippen molar-refractivity contribution in [2.45, 2.75) is 23.8 Å². The zero-order valence-electron chi connectivity index (χ0n) is 19.8. The fourth-order valence-electron chi connectivity index (χ4n) is 3.91. The van der Waals surface area contributed by atoms with Crippen LogP contribution in [0.3, 0.4) is 0 Å². The van der Waals surface area contributed by atoms with Crippen molar-refractivity contribution in [3.8, 4) is 0 Å². The molecule has 3 aromatic rings. The van der Waals surface area contributed by atoms with E-state index in [-0.39, 0.29) is 41.3 Å². The van der Waals surface area contributed by atoms with Crippen LogP contribution in [0.4, 0.5) is 11.4 Å². The van der Waals surface area contributed by atoms with Crippen LogP contribution in [-0.4, -0.2) is 59.8 Å². The van der Waals surface area contributed by atoms with Gasteiger partial charge in [0.2, 0.25) is 15.9 Å². The van der Waals surface area contributed by atoms with Gasteiger partial charge in [-0.3, -0.25) is 19.5 Å². The van der Waals surface area contributed by atoms with E-state index in [1.807, 2.05) is 0 Å². The van der Waals surface area contributed by atoms with Crippen LogP contribution in [0, 0.1) is 0 Å². The number of carbonyl (C=O) groups is 3. The largest absolute Gasteiger partial charge is 0.348 e. The van der Waals surface area contributed by atoms with E-state index in [4.69, 9.17) is 0 Å². The lowest BCUT2D eigenvalue weighted by molar-refractivity contribution is -0.111. The Hall–Kier alpha value is -4.29. The molecule has 4 rings (SSSR count). The van der Waals surface area contributed by atoms with Crippen LogP contribution in [0.1, 0.15) is 33.7 Å². The summed E-state index contributed by atoms with van der Waals surface area (Å²) in [6.45, 7) is 3.79. The highest BCUT2D eigenvalue weighted by Crippen LogP contribution is 2.24. The van der Waals surface area contributed by atoms with Crippen molar-refractivity contribution in [1.29, 1.82) is 0 Å². The lowest BCUT2D eigenvalue weighted by Crippen LogP contribution is -2.46. The van der Waals surface area contributed by atoms with E-state index in [1.165, 1.54) is 22.6 Å². The number of nitrogens with zero attached hydrogens (tertiary/aromatic N) is 2. The fourth-order valence-corrected chi connectivity index (χ4v) is 5.43. The first kappa shape index (κ1) is 25.8. The number of hydrogen-bond acceptors (Lipinski definition) is 6. The Morgan fingerprint density at radius 1 is 1.00 bits per heavy atom. The number of aromatic nitrogens is 2. The molecular weight excluding hydrogens is 496 g/mol. The normalized spacial score (nSPS) is 14.5. The third-order valence-electron chi connectivity index (χ3n) is 5.85. The lowest BCUT2D eigenvalue weighted by Gasteiger charge is -2.31. The Morgan fingerprint density at radius 2 is 1.73 bits per heavy atom. The first-order valence-electron chi connectivity index (χ1n) is 11.5. The van der Waals surface area contributed by atoms with Gasteiger partial charge in [-0.15, -0.1) is 0 Å². The van der Waals surface area contributed by atoms with Gasteiger partial charge in [-0.25, -0.2) is 8.42 Å². The Morgan fingerprint density at radius 3 is 2.43 bits per heavy atom. The number of amides is 3. The second kappa shape index (κ2) is 11.2. The van der Waals surface area contributed by atoms with Crippen molar-refractivity contribution in [2.75, 3.05) is 23.7 Å². The molecule has 0 spiro atoms. The van der Waals surface area contributed by atoms with Gasteiger partial charge in [0.1, 0.15) is 0 Å². The van der Waals surface area contributed by atoms with E-state index < -0.39 is 21.8 Å². The predicted octanol–water partition coefficient (Wildman–Crippen LogP) is 2.37. The molecular formula is C25H26N6O5S. The van der Waals surface area contributed by atoms with Crippen LogP contribution in [0.25, 0.3) is 0 Å². The van der Waals surface area contributed by atoms with Gasteiger partial charge in [0.15, 0.2) is 5.69 Å². The van der Waals surface area contributed by atoms with Gasteiger partial charge in [0.25, 0.3) is 11.8 Å². The van der Waals surface area contributed by atoms with Crippen molar-refractivity contribution in [3.63, 3.8) is 0 Å². The van der Waals surface area contributed by atoms with E-state index in [2.05, 4.69) is 32.7 Å². The predicted molar refractivity (Wildman–Crippen MR) is 137 cm³/mol. The zero-order chi connectivity index (χ0) is 26.4. The van der Waals surface area contributed by atoms with Gasteiger partial charge < -0.3 is 16.0 Å². The van der Waals surface area contributed by atoms with Crippen LogP contribution in [0.2, 0.25) is 0 Å². The molecule has 0 atom stereocenters. The maximum absolute atomic E-state index is 13.1. The van der Waals surface area contributed by atoms with Crippen molar-refractivity contribution < 1.29 is 22.8 Å². The van der Waals surface area contributed by atoms with Gasteiger partial charge in [0.05, 0.1) is 10.6 Å². The number of sulfonamides is 1. The molecule has 1 aromatic heterocycles. The van der Waals surface area contributed by atoms with E-state index in [1.54, 1.807) is 42.5 Å². The maximum atomic E-state index is 13.1. The highest BCUT2D eigenvalue weighted by molar-refractivity contribution is 7.89. The molecule has 0 saturated carbocycles. The van der Waals surface area contributed by atoms with Crippen LogP contribution >= 0.6 is 0 Å². The highest BCUT2D eigenvalue weighted by atomic mass is 32.2. The third kappa shape index (κ3) is 6.11. The van der Waals surface area contributed by atoms with Crippen LogP contribution in [0.5, 0.6) is 0 Å². The van der Waals surface area contributed by atoms with Gasteiger partial charge in [-0.05, 0) is 49.2 Å². The Bertz CT molecular complexity index is 1410. The summed E-state index contributed by atoms with van der Waals surface area (Å²) in [5, 5.41) is 14.7. The third-order valence-corrected chi connectivity index (χ3v) is 7.75. The Kier molecular flexibility index (Phi) is 7.80. The molecule has 0 aliphatic carbocycles. The second-order valence-corrected chi connectivity index (χ2v) is 10.3. The number of rotatable bonds is 8. The fraction of sp³-hybridized carbons (Fsp3) is 0.200. The van der Waals surface area contributed by atoms with Gasteiger partial charge in [0, 0.05) is 36.6 Å². The molecule has 1 aliphatic rings. The number of H-pyrrole nitrogens is 1. The lowest BCUT2D eigenvalue weighted by atomic mass is 10.1. The minimum atomic E-state index is -3.79. The molecule has 12 heteroatoms. The molecule has 1 fully saturated rings. The summed E-state index contributed by atoms with van der Waals surface area (Å²) in [7, 11) is -3.79. The molecule has 1 aliphatic heterocycles. The monoisotopic (exact) mass is 522 g/mol. The first-order chi connectivity index (χ1) is 17.8. The van der Waals surface area contributed by atoms with E-state index in [0.717, 1.165) is 6.08 Å². The van der Waals surface area contributed by atoms with Crippen LogP contribution < -0.4 is 16.0 Å². The molecule has 2 aromatic carbocycles. The van der Waals surface area contributed by atoms with E-state index in [0.29, 0.717) is 24.1 Å². The molecule has 192 valence electrons. The molecule has 0 bridgehead atoms. The van der Waals surface area contributed by atoms with Crippen LogP contribution in [0.15, 0.2) is 78.3 Å². The number of anilines is 2. The topological polar surface area (TPSA) is 153 Å². The summed E-state index contributed by atoms with van der Waals surface area (Å²) in [5.74, 6) is -1.29. The molecule has 0 unspecified atom stereocenters. The molecule has 4 N–H and O–H groups in total. The van der Waals surface area contributed by atoms with Crippen molar-refractivity contribution in [2.24, 2.45) is 0 Å². The quantitative estimate of drug-likeness (QED) is 0.333. The van der Waals surface area contributed by atoms with Gasteiger partial charge >= 0.3 is 0 Å². The van der Waals surface area contributed by atoms with Crippen molar-refractivity contribution in [1.82, 2.24) is 19.8 Å². The SMILES string of the molecule is C=CC(=O)Nc1cccc(S(=O)(=O)N2CCC(NC(=O)c3n[nH]cc3NC(=O)c3ccccc3)CC2)c1. The van der Waals surface area contributed by atoms with E-state index in [9.17, 15) is 22.8 Å². The molecule has 37 heavy (non-hydrogen) atoms. The second-order valence-electron chi connectivity index (χ2n) is 8.34. The number of carbonyl (C=O) groups excluding carboxylic acids is 3. The summed E-state index contributed by atoms with van der Waals surface area (Å²) in [4.78, 5) is 36.9. The average Bonchev–Trinajstić information content (AvgIpc) is 3.38. The summed E-state index contributed by atoms with van der Waals surface area (Å²) in [5.41, 5.74) is 1.08. The number of nitrogens with one attached hydrogen (secondary N) is 4. The summed E-state index contributed by atoms with van der Waals surface area (Å²) in [6.07, 6.45) is 3.32. The number of aromatic amines is 1. The minimum absolute atomic E-state index is 0.0396. The highest BCUT2D eigenvalue weighted by Gasteiger charge is 2.31. The van der Waals surface area contributed by atoms with Gasteiger partial charge in [-0.1, -0.05) is 30.8 Å². The number of hydrogen-bond donors (Lipinski definition) is 4. The average molecular weight is 523 g/mol. The van der Waals surface area contributed by atoms with Crippen molar-refractivity contribution in [3.05, 3.63) is 84.7 Å². The zero-order valence-corrected chi connectivity index (χ0v) is 20.6. The molecule has 1 saturated heterocycles. The summed E-state index contributed by atoms with van der Waals surface area (Å²) < 4.78 is 27.6. The number of benzene rings is 2. The Balaban J connectivity index is 1.35. The summed E-state index contributed by atoms with van der Waals surface area (Å²) >= 11 is 0. The number of piperidine rings is 1. The van der Waals surface area contributed by atoms with Crippen molar-refractivity contribution >= 4 is 39.1 Å². The standard InChI is InChI=1S/C25H26N6O5S/c1-2-22(32)27-19-9-6-10-20(15-19)37(35,36)31-13-11-18(12-14-31)28-25(34)23-21(16-26-30-23)29-24(33)17-7-4-3-5-8-17/h2-10,15-16,18H,1,11-14H2,(H,26,30)(H,27,32)(H,28,34)(H,29,33). The first-order valence-corrected chi connectivity index (χ1v) is 13.0. The van der Waals surface area contributed by atoms with Crippen LogP contribution in [-0.2, 0) is 14.8 Å². The maximum Gasteiger partial charge on any atom is 0.274 e. The summed E-state index contributed by atoms with van der Waals surface area (Å²) in [6, 6.07) is 14.3. The minimum Gasteiger partial charge on any atom is -0.348 e. The molecule has 2 heterocycles. The molecule has 11 nitrogen and oxygen atoms in total. The van der Waals surface area contributed by atoms with E-state index >= 15 is 0 Å². The Labute approximate surface area is 214 Å². The molecule has 0 radical (unpaired) electrons. The smallest absolute Gasteiger partial charge is 0.274 e. The molecule has 3 amide bonds. The van der Waals surface area contributed by atoms with Gasteiger partial charge in [-0.2, -0.15) is 9.40 Å².